The Morgan fingerprint density at radius 1 is 0.814 bits per heavy atom. The molecule has 4 aromatic carbocycles. The molecule has 0 saturated carbocycles. The number of hydrogen-bond donors (Lipinski definition) is 4. The van der Waals surface area contributed by atoms with Crippen LogP contribution in [0.5, 0.6) is 11.5 Å². The van der Waals surface area contributed by atoms with Crippen LogP contribution in [0, 0.1) is 11.2 Å². The highest BCUT2D eigenvalue weighted by Crippen LogP contribution is 2.28. The number of ether oxygens (including phenoxy) is 2. The molecular weight excluding hydrogens is 575 g/mol. The molecule has 0 spiro atoms. The van der Waals surface area contributed by atoms with Crippen molar-refractivity contribution in [3.63, 3.8) is 0 Å². The number of benzene rings is 4. The van der Waals surface area contributed by atoms with E-state index in [2.05, 4.69) is 10.6 Å². The van der Waals surface area contributed by atoms with Gasteiger partial charge >= 0.3 is 12.2 Å². The SMILES string of the molecule is N=C(NC(=O)Oc1ccc(F)cc1)c1cccc(CCCCNC(=O)Oc2ccc(-c3ccccc3S(N)(=O)=O)cc2)c1. The molecule has 0 unspecified atom stereocenters. The summed E-state index contributed by atoms with van der Waals surface area (Å²) in [6.45, 7) is 0.380. The smallest absolute Gasteiger partial charge is 0.410 e. The molecule has 43 heavy (non-hydrogen) atoms. The molecular formula is C31H29FN4O6S. The van der Waals surface area contributed by atoms with Crippen LogP contribution in [0.1, 0.15) is 24.0 Å². The molecule has 222 valence electrons. The predicted octanol–water partition coefficient (Wildman–Crippen LogP) is 5.37. The maximum Gasteiger partial charge on any atom is 0.418 e. The highest BCUT2D eigenvalue weighted by molar-refractivity contribution is 7.89. The quantitative estimate of drug-likeness (QED) is 0.108. The fraction of sp³-hybridized carbons (Fsp3) is 0.129. The largest absolute Gasteiger partial charge is 0.418 e. The van der Waals surface area contributed by atoms with Crippen molar-refractivity contribution in [2.45, 2.75) is 24.2 Å². The highest BCUT2D eigenvalue weighted by Gasteiger charge is 2.15. The fourth-order valence-electron chi connectivity index (χ4n) is 4.14. The van der Waals surface area contributed by atoms with Crippen molar-refractivity contribution in [2.75, 3.05) is 6.54 Å². The predicted molar refractivity (Wildman–Crippen MR) is 159 cm³/mol. The summed E-state index contributed by atoms with van der Waals surface area (Å²) in [5.41, 5.74) is 2.50. The molecule has 0 heterocycles. The summed E-state index contributed by atoms with van der Waals surface area (Å²) in [4.78, 5) is 24.3. The van der Waals surface area contributed by atoms with Gasteiger partial charge in [-0.2, -0.15) is 0 Å². The van der Waals surface area contributed by atoms with Gasteiger partial charge in [0.15, 0.2) is 0 Å². The van der Waals surface area contributed by atoms with Crippen molar-refractivity contribution in [3.8, 4) is 22.6 Å². The maximum absolute atomic E-state index is 13.0. The number of hydrogen-bond acceptors (Lipinski definition) is 7. The number of nitrogens with one attached hydrogen (secondary N) is 3. The summed E-state index contributed by atoms with van der Waals surface area (Å²) in [6, 6.07) is 24.9. The number of amides is 2. The van der Waals surface area contributed by atoms with Crippen LogP contribution in [-0.2, 0) is 16.4 Å². The van der Waals surface area contributed by atoms with Crippen LogP contribution in [0.25, 0.3) is 11.1 Å². The van der Waals surface area contributed by atoms with E-state index < -0.39 is 28.0 Å². The van der Waals surface area contributed by atoms with Crippen molar-refractivity contribution in [2.24, 2.45) is 5.14 Å². The number of carbonyl (C=O) groups excluding carboxylic acids is 2. The molecule has 0 atom stereocenters. The summed E-state index contributed by atoms with van der Waals surface area (Å²) >= 11 is 0. The minimum absolute atomic E-state index is 0.00582. The number of amidine groups is 1. The van der Waals surface area contributed by atoms with Crippen LogP contribution in [0.3, 0.4) is 0 Å². The molecule has 12 heteroatoms. The number of nitrogens with two attached hydrogens (primary N) is 1. The average Bonchev–Trinajstić information content (AvgIpc) is 2.98. The van der Waals surface area contributed by atoms with E-state index in [0.29, 0.717) is 41.8 Å². The van der Waals surface area contributed by atoms with Crippen molar-refractivity contribution >= 4 is 28.0 Å². The molecule has 0 aliphatic carbocycles. The summed E-state index contributed by atoms with van der Waals surface area (Å²) < 4.78 is 47.1. The van der Waals surface area contributed by atoms with E-state index in [0.717, 1.165) is 24.1 Å². The Kier molecular flexibility index (Phi) is 10.2. The Bertz CT molecular complexity index is 1710. The number of primary sulfonamides is 1. The third kappa shape index (κ3) is 9.21. The number of sulfonamides is 1. The topological polar surface area (TPSA) is 161 Å². The molecule has 5 N–H and O–H groups in total. The molecule has 0 aromatic heterocycles. The van der Waals surface area contributed by atoms with Gasteiger partial charge in [0.1, 0.15) is 23.2 Å². The first-order valence-corrected chi connectivity index (χ1v) is 14.7. The molecule has 4 aromatic rings. The van der Waals surface area contributed by atoms with Gasteiger partial charge in [0.05, 0.1) is 4.90 Å². The number of halogens is 1. The summed E-state index contributed by atoms with van der Waals surface area (Å²) in [5, 5.41) is 18.5. The molecule has 4 rings (SSSR count). The van der Waals surface area contributed by atoms with E-state index in [9.17, 15) is 22.4 Å². The van der Waals surface area contributed by atoms with Crippen molar-refractivity contribution in [1.29, 1.82) is 5.41 Å². The lowest BCUT2D eigenvalue weighted by molar-refractivity contribution is 0.200. The van der Waals surface area contributed by atoms with Crippen molar-refractivity contribution < 1.29 is 31.9 Å². The van der Waals surface area contributed by atoms with Gasteiger partial charge in [0.2, 0.25) is 10.0 Å². The van der Waals surface area contributed by atoms with Crippen LogP contribution >= 0.6 is 0 Å². The van der Waals surface area contributed by atoms with Crippen molar-refractivity contribution in [3.05, 3.63) is 114 Å². The number of carbonyl (C=O) groups is 2. The van der Waals surface area contributed by atoms with Gasteiger partial charge in [-0.25, -0.2) is 27.5 Å². The van der Waals surface area contributed by atoms with Crippen LogP contribution < -0.4 is 25.2 Å². The third-order valence-corrected chi connectivity index (χ3v) is 7.17. The highest BCUT2D eigenvalue weighted by atomic mass is 32.2. The number of rotatable bonds is 10. The fourth-order valence-corrected chi connectivity index (χ4v) is 4.90. The zero-order valence-electron chi connectivity index (χ0n) is 22.9. The van der Waals surface area contributed by atoms with E-state index in [1.807, 2.05) is 6.07 Å². The molecule has 0 fully saturated rings. The van der Waals surface area contributed by atoms with E-state index >= 15 is 0 Å². The normalized spacial score (nSPS) is 10.9. The van der Waals surface area contributed by atoms with Crippen LogP contribution in [0.15, 0.2) is 102 Å². The summed E-state index contributed by atoms with van der Waals surface area (Å²) in [6.07, 6.45) is 0.617. The maximum atomic E-state index is 13.0. The molecule has 10 nitrogen and oxygen atoms in total. The molecule has 0 bridgehead atoms. The Balaban J connectivity index is 1.19. The van der Waals surface area contributed by atoms with Gasteiger partial charge in [-0.1, -0.05) is 48.5 Å². The van der Waals surface area contributed by atoms with E-state index in [1.54, 1.807) is 60.7 Å². The van der Waals surface area contributed by atoms with Crippen molar-refractivity contribution in [1.82, 2.24) is 10.6 Å². The minimum atomic E-state index is -3.90. The molecule has 0 aliphatic heterocycles. The summed E-state index contributed by atoms with van der Waals surface area (Å²) in [5.74, 6) is -0.146. The second kappa shape index (κ2) is 14.2. The minimum Gasteiger partial charge on any atom is -0.410 e. The second-order valence-electron chi connectivity index (χ2n) is 9.38. The number of aryl methyl sites for hydroxylation is 1. The monoisotopic (exact) mass is 604 g/mol. The van der Waals surface area contributed by atoms with Gasteiger partial charge in [-0.15, -0.1) is 0 Å². The van der Waals surface area contributed by atoms with Crippen LogP contribution in [-0.4, -0.2) is 33.0 Å². The second-order valence-corrected chi connectivity index (χ2v) is 10.9. The summed E-state index contributed by atoms with van der Waals surface area (Å²) in [7, 11) is -3.90. The molecule has 0 saturated heterocycles. The van der Waals surface area contributed by atoms with Crippen LogP contribution in [0.4, 0.5) is 14.0 Å². The Morgan fingerprint density at radius 2 is 1.47 bits per heavy atom. The van der Waals surface area contributed by atoms with E-state index in [1.165, 1.54) is 18.2 Å². The Morgan fingerprint density at radius 3 is 2.16 bits per heavy atom. The third-order valence-electron chi connectivity index (χ3n) is 6.20. The zero-order valence-corrected chi connectivity index (χ0v) is 23.7. The number of unbranched alkanes of at least 4 members (excludes halogenated alkanes) is 1. The first-order chi connectivity index (χ1) is 20.6. The van der Waals surface area contributed by atoms with Gasteiger partial charge in [-0.3, -0.25) is 10.7 Å². The lowest BCUT2D eigenvalue weighted by Gasteiger charge is -2.10. The van der Waals surface area contributed by atoms with E-state index in [-0.39, 0.29) is 16.5 Å². The Hall–Kier alpha value is -5.07. The first-order valence-electron chi connectivity index (χ1n) is 13.2. The van der Waals surface area contributed by atoms with Gasteiger partial charge in [-0.05, 0) is 78.9 Å². The lowest BCUT2D eigenvalue weighted by atomic mass is 10.0. The molecule has 2 amide bonds. The average molecular weight is 605 g/mol. The lowest BCUT2D eigenvalue weighted by Crippen LogP contribution is -2.33. The Labute approximate surface area is 248 Å². The molecule has 0 radical (unpaired) electrons. The van der Waals surface area contributed by atoms with Gasteiger partial charge < -0.3 is 14.8 Å². The van der Waals surface area contributed by atoms with Crippen LogP contribution in [0.2, 0.25) is 0 Å². The zero-order chi connectivity index (χ0) is 30.8. The first kappa shape index (κ1) is 30.9. The van der Waals surface area contributed by atoms with Gasteiger partial charge in [0, 0.05) is 17.7 Å². The standard InChI is InChI=1S/C31H29FN4O6S/c32-24-13-17-26(18-14-24)42-31(38)36-29(33)23-8-5-7-21(20-23)6-3-4-19-35-30(37)41-25-15-11-22(12-16-25)27-9-1-2-10-28(27)43(34,39)40/h1-2,5,7-18,20H,3-4,6,19H2,(H,35,37)(H2,33,36,38)(H2,34,39,40). The van der Waals surface area contributed by atoms with E-state index in [4.69, 9.17) is 20.0 Å². The molecule has 0 aliphatic rings. The van der Waals surface area contributed by atoms with Gasteiger partial charge in [0.25, 0.3) is 0 Å².